The Morgan fingerprint density at radius 3 is 2.44 bits per heavy atom. The molecule has 2 rings (SSSR count). The molecule has 2 aromatic rings. The Balaban J connectivity index is 2.29. The van der Waals surface area contributed by atoms with Gasteiger partial charge in [0.25, 0.3) is 5.69 Å². The molecule has 0 bridgehead atoms. The fourth-order valence-corrected chi connectivity index (χ4v) is 4.72. The van der Waals surface area contributed by atoms with Crippen LogP contribution in [0.5, 0.6) is 11.5 Å². The second kappa shape index (κ2) is 12.3. The highest BCUT2D eigenvalue weighted by molar-refractivity contribution is 7.89. The van der Waals surface area contributed by atoms with Crippen LogP contribution in [0.2, 0.25) is 0 Å². The number of rotatable bonds is 13. The first-order valence-electron chi connectivity index (χ1n) is 11.0. The number of hydrogen-bond donors (Lipinski definition) is 1. The van der Waals surface area contributed by atoms with Crippen molar-refractivity contribution in [2.24, 2.45) is 11.0 Å². The van der Waals surface area contributed by atoms with Crippen molar-refractivity contribution in [2.45, 2.75) is 39.0 Å². The van der Waals surface area contributed by atoms with Crippen LogP contribution in [0.4, 0.5) is 11.4 Å². The highest BCUT2D eigenvalue weighted by atomic mass is 32.2. The van der Waals surface area contributed by atoms with Crippen LogP contribution >= 0.6 is 0 Å². The number of methoxy groups -OCH3 is 1. The van der Waals surface area contributed by atoms with Crippen LogP contribution in [0.1, 0.15) is 39.7 Å². The van der Waals surface area contributed by atoms with Crippen molar-refractivity contribution < 1.29 is 22.8 Å². The monoisotopic (exact) mass is 492 g/mol. The highest BCUT2D eigenvalue weighted by Crippen LogP contribution is 2.30. The molecule has 0 saturated carbocycles. The van der Waals surface area contributed by atoms with Crippen molar-refractivity contribution in [3.05, 3.63) is 52.1 Å². The van der Waals surface area contributed by atoms with Crippen LogP contribution < -0.4 is 14.9 Å². The van der Waals surface area contributed by atoms with Crippen LogP contribution in [0.25, 0.3) is 0 Å². The van der Waals surface area contributed by atoms with Gasteiger partial charge >= 0.3 is 0 Å². The molecule has 2 aromatic carbocycles. The third kappa shape index (κ3) is 6.91. The molecule has 0 fully saturated rings. The summed E-state index contributed by atoms with van der Waals surface area (Å²) in [6.07, 6.45) is 2.42. The molecule has 0 unspecified atom stereocenters. The zero-order valence-corrected chi connectivity index (χ0v) is 21.0. The number of ether oxygens (including phenoxy) is 2. The van der Waals surface area contributed by atoms with E-state index in [9.17, 15) is 18.5 Å². The molecule has 0 amide bonds. The van der Waals surface area contributed by atoms with Gasteiger partial charge in [-0.1, -0.05) is 27.7 Å². The van der Waals surface area contributed by atoms with Crippen molar-refractivity contribution in [1.82, 2.24) is 4.31 Å². The van der Waals surface area contributed by atoms with Gasteiger partial charge in [-0.15, -0.1) is 0 Å². The van der Waals surface area contributed by atoms with Crippen LogP contribution in [-0.4, -0.2) is 50.7 Å². The molecular formula is C23H32N4O6S. The summed E-state index contributed by atoms with van der Waals surface area (Å²) in [6.45, 7) is 8.69. The van der Waals surface area contributed by atoms with E-state index in [0.29, 0.717) is 29.6 Å². The van der Waals surface area contributed by atoms with Crippen LogP contribution in [-0.2, 0) is 10.0 Å². The smallest absolute Gasteiger partial charge is 0.270 e. The lowest BCUT2D eigenvalue weighted by molar-refractivity contribution is -0.385. The Labute approximate surface area is 200 Å². The van der Waals surface area contributed by atoms with Gasteiger partial charge in [-0.25, -0.2) is 8.42 Å². The number of hydrazone groups is 1. The molecule has 0 aliphatic rings. The zero-order valence-electron chi connectivity index (χ0n) is 20.1. The summed E-state index contributed by atoms with van der Waals surface area (Å²) in [5.41, 5.74) is 3.21. The molecule has 34 heavy (non-hydrogen) atoms. The van der Waals surface area contributed by atoms with Crippen molar-refractivity contribution in [3.8, 4) is 11.5 Å². The fourth-order valence-electron chi connectivity index (χ4n) is 3.10. The SMILES string of the molecule is CCN(CC)S(=O)(=O)c1cc([N+](=O)[O-])ccc1NN=Cc1ccc(OCCC(C)C)c(OC)c1. The number of hydrogen-bond acceptors (Lipinski definition) is 8. The molecule has 0 saturated heterocycles. The molecule has 0 atom stereocenters. The molecule has 0 aromatic heterocycles. The number of anilines is 1. The van der Waals surface area contributed by atoms with E-state index in [4.69, 9.17) is 9.47 Å². The molecule has 0 spiro atoms. The lowest BCUT2D eigenvalue weighted by Crippen LogP contribution is -2.31. The first-order valence-corrected chi connectivity index (χ1v) is 12.5. The summed E-state index contributed by atoms with van der Waals surface area (Å²) in [5, 5.41) is 15.3. The van der Waals surface area contributed by atoms with Gasteiger partial charge in [0.1, 0.15) is 4.90 Å². The average Bonchev–Trinajstić information content (AvgIpc) is 2.80. The lowest BCUT2D eigenvalue weighted by Gasteiger charge is -2.20. The molecule has 0 heterocycles. The molecule has 186 valence electrons. The van der Waals surface area contributed by atoms with Gasteiger partial charge in [0.05, 0.1) is 30.5 Å². The quantitative estimate of drug-likeness (QED) is 0.248. The second-order valence-corrected chi connectivity index (χ2v) is 9.74. The van der Waals surface area contributed by atoms with E-state index in [-0.39, 0.29) is 29.4 Å². The number of nitrogens with zero attached hydrogens (tertiary/aromatic N) is 3. The third-order valence-electron chi connectivity index (χ3n) is 5.04. The van der Waals surface area contributed by atoms with E-state index >= 15 is 0 Å². The largest absolute Gasteiger partial charge is 0.493 e. The molecular weight excluding hydrogens is 460 g/mol. The Kier molecular flexibility index (Phi) is 9.82. The van der Waals surface area contributed by atoms with Gasteiger partial charge in [0.2, 0.25) is 10.0 Å². The number of nitrogens with one attached hydrogen (secondary N) is 1. The standard InChI is InChI=1S/C23H32N4O6S/c1-6-26(7-2)34(30,31)23-15-19(27(28)29)9-10-20(23)25-24-16-18-8-11-21(22(14-18)32-5)33-13-12-17(3)4/h8-11,14-17,25H,6-7,12-13H2,1-5H3. The minimum atomic E-state index is -3.96. The van der Waals surface area contributed by atoms with Crippen molar-refractivity contribution in [2.75, 3.05) is 32.2 Å². The molecule has 0 radical (unpaired) electrons. The number of sulfonamides is 1. The van der Waals surface area contributed by atoms with E-state index in [0.717, 1.165) is 12.5 Å². The van der Waals surface area contributed by atoms with Crippen LogP contribution in [0.15, 0.2) is 46.4 Å². The molecule has 0 aliphatic carbocycles. The van der Waals surface area contributed by atoms with E-state index in [1.807, 2.05) is 0 Å². The van der Waals surface area contributed by atoms with Gasteiger partial charge in [0, 0.05) is 25.2 Å². The Morgan fingerprint density at radius 2 is 1.85 bits per heavy atom. The van der Waals surface area contributed by atoms with Crippen molar-refractivity contribution in [3.63, 3.8) is 0 Å². The predicted octanol–water partition coefficient (Wildman–Crippen LogP) is 4.50. The normalized spacial score (nSPS) is 11.9. The lowest BCUT2D eigenvalue weighted by atomic mass is 10.1. The van der Waals surface area contributed by atoms with E-state index < -0.39 is 14.9 Å². The highest BCUT2D eigenvalue weighted by Gasteiger charge is 2.27. The topological polar surface area (TPSA) is 123 Å². The Hall–Kier alpha value is -3.18. The Bertz CT molecular complexity index is 1110. The van der Waals surface area contributed by atoms with E-state index in [1.54, 1.807) is 39.2 Å². The van der Waals surface area contributed by atoms with Crippen LogP contribution in [0.3, 0.4) is 0 Å². The predicted molar refractivity (Wildman–Crippen MR) is 132 cm³/mol. The minimum absolute atomic E-state index is 0.134. The van der Waals surface area contributed by atoms with Crippen molar-refractivity contribution >= 4 is 27.6 Å². The molecule has 11 heteroatoms. The number of non-ortho nitro benzene ring substituents is 1. The number of nitro groups is 1. The van der Waals surface area contributed by atoms with E-state index in [2.05, 4.69) is 24.4 Å². The maximum atomic E-state index is 13.1. The molecule has 0 aliphatic heterocycles. The number of benzene rings is 2. The minimum Gasteiger partial charge on any atom is -0.493 e. The van der Waals surface area contributed by atoms with Gasteiger partial charge in [0.15, 0.2) is 11.5 Å². The van der Waals surface area contributed by atoms with Gasteiger partial charge < -0.3 is 9.47 Å². The summed E-state index contributed by atoms with van der Waals surface area (Å²) in [7, 11) is -2.41. The summed E-state index contributed by atoms with van der Waals surface area (Å²) in [4.78, 5) is 10.4. The maximum Gasteiger partial charge on any atom is 0.270 e. The molecule has 1 N–H and O–H groups in total. The summed E-state index contributed by atoms with van der Waals surface area (Å²) < 4.78 is 38.5. The van der Waals surface area contributed by atoms with Gasteiger partial charge in [-0.05, 0) is 42.2 Å². The number of nitro benzene ring substituents is 1. The maximum absolute atomic E-state index is 13.1. The first kappa shape index (κ1) is 27.1. The summed E-state index contributed by atoms with van der Waals surface area (Å²) in [6, 6.07) is 8.92. The van der Waals surface area contributed by atoms with Crippen LogP contribution in [0, 0.1) is 16.0 Å². The second-order valence-electron chi connectivity index (χ2n) is 7.84. The summed E-state index contributed by atoms with van der Waals surface area (Å²) >= 11 is 0. The summed E-state index contributed by atoms with van der Waals surface area (Å²) in [5.74, 6) is 1.70. The van der Waals surface area contributed by atoms with Gasteiger partial charge in [-0.3, -0.25) is 15.5 Å². The van der Waals surface area contributed by atoms with Crippen molar-refractivity contribution in [1.29, 1.82) is 0 Å². The first-order chi connectivity index (χ1) is 16.1. The Morgan fingerprint density at radius 1 is 1.15 bits per heavy atom. The zero-order chi connectivity index (χ0) is 25.3. The average molecular weight is 493 g/mol. The third-order valence-corrected chi connectivity index (χ3v) is 7.13. The van der Waals surface area contributed by atoms with E-state index in [1.165, 1.54) is 22.7 Å². The molecule has 10 nitrogen and oxygen atoms in total. The fraction of sp³-hybridized carbons (Fsp3) is 0.435. The van der Waals surface area contributed by atoms with Gasteiger partial charge in [-0.2, -0.15) is 9.41 Å².